The molecule has 1 saturated carbocycles. The normalized spacial score (nSPS) is 15.8. The first-order valence-electron chi connectivity index (χ1n) is 11.0. The Kier molecular flexibility index (Phi) is 6.23. The number of methoxy groups -OCH3 is 1. The van der Waals surface area contributed by atoms with Crippen LogP contribution in [-0.2, 0) is 17.8 Å². The summed E-state index contributed by atoms with van der Waals surface area (Å²) in [5.41, 5.74) is 2.98. The number of hydrogen-bond donors (Lipinski definition) is 0. The Balaban J connectivity index is 1.79. The van der Waals surface area contributed by atoms with Crippen molar-refractivity contribution in [3.63, 3.8) is 0 Å². The van der Waals surface area contributed by atoms with Gasteiger partial charge in [0.15, 0.2) is 17.3 Å². The third-order valence-electron chi connectivity index (χ3n) is 5.90. The van der Waals surface area contributed by atoms with Crippen LogP contribution in [0, 0.1) is 6.92 Å². The molecule has 1 aliphatic rings. The third-order valence-corrected chi connectivity index (χ3v) is 5.90. The minimum atomic E-state index is 0.469. The maximum Gasteiger partial charge on any atom is 0.159 e. The number of hydrogen-bond acceptors (Lipinski definition) is 5. The number of pyridine rings is 1. The highest BCUT2D eigenvalue weighted by Gasteiger charge is 2.23. The van der Waals surface area contributed by atoms with E-state index in [0.717, 1.165) is 60.1 Å². The smallest absolute Gasteiger partial charge is 0.159 e. The second kappa shape index (κ2) is 9.03. The van der Waals surface area contributed by atoms with Crippen LogP contribution in [0.1, 0.15) is 69.3 Å². The van der Waals surface area contributed by atoms with E-state index in [9.17, 15) is 0 Å². The number of nitrogens with zero attached hydrogens (tertiary/aromatic N) is 6. The van der Waals surface area contributed by atoms with E-state index in [1.807, 2.05) is 17.8 Å². The topological polar surface area (TPSA) is 70.7 Å². The fraction of sp³-hybridized carbons (Fsp3) is 0.636. The minimum Gasteiger partial charge on any atom is -0.385 e. The largest absolute Gasteiger partial charge is 0.385 e. The Labute approximate surface area is 172 Å². The fourth-order valence-electron chi connectivity index (χ4n) is 4.37. The molecule has 0 aromatic carbocycles. The standard InChI is InChI=1S/C22H32N6O/c1-4-27-22-19(15-23-27)18(14-16(2)24-22)21-25-20(17-10-7-5-6-8-11-17)26-28(21)12-9-13-29-3/h14-15,17H,4-13H2,1-3H3. The van der Waals surface area contributed by atoms with Gasteiger partial charge in [-0.05, 0) is 39.2 Å². The van der Waals surface area contributed by atoms with Gasteiger partial charge in [-0.1, -0.05) is 25.7 Å². The first kappa shape index (κ1) is 20.0. The number of ether oxygens (including phenoxy) is 1. The molecule has 0 N–H and O–H groups in total. The molecular weight excluding hydrogens is 364 g/mol. The molecule has 0 saturated heterocycles. The fourth-order valence-corrected chi connectivity index (χ4v) is 4.37. The number of aryl methyl sites for hydroxylation is 3. The maximum absolute atomic E-state index is 5.27. The van der Waals surface area contributed by atoms with Crippen LogP contribution < -0.4 is 0 Å². The summed E-state index contributed by atoms with van der Waals surface area (Å²) in [6.45, 7) is 6.44. The molecule has 0 spiro atoms. The summed E-state index contributed by atoms with van der Waals surface area (Å²) in [6, 6.07) is 2.12. The molecule has 3 aromatic rings. The van der Waals surface area contributed by atoms with Crippen LogP contribution in [0.2, 0.25) is 0 Å². The predicted octanol–water partition coefficient (Wildman–Crippen LogP) is 4.49. The van der Waals surface area contributed by atoms with E-state index in [1.54, 1.807) is 7.11 Å². The molecule has 7 nitrogen and oxygen atoms in total. The highest BCUT2D eigenvalue weighted by atomic mass is 16.5. The molecule has 156 valence electrons. The van der Waals surface area contributed by atoms with Gasteiger partial charge < -0.3 is 4.74 Å². The summed E-state index contributed by atoms with van der Waals surface area (Å²) < 4.78 is 9.30. The average Bonchev–Trinajstić information content (AvgIpc) is 3.22. The Hall–Kier alpha value is -2.28. The zero-order chi connectivity index (χ0) is 20.2. The lowest BCUT2D eigenvalue weighted by Crippen LogP contribution is -2.07. The van der Waals surface area contributed by atoms with Crippen molar-refractivity contribution in [1.82, 2.24) is 29.5 Å². The summed E-state index contributed by atoms with van der Waals surface area (Å²) in [4.78, 5) is 9.83. The second-order valence-electron chi connectivity index (χ2n) is 8.06. The summed E-state index contributed by atoms with van der Waals surface area (Å²) >= 11 is 0. The van der Waals surface area contributed by atoms with Crippen LogP contribution in [0.15, 0.2) is 12.3 Å². The first-order chi connectivity index (χ1) is 14.2. The van der Waals surface area contributed by atoms with Gasteiger partial charge in [-0.15, -0.1) is 0 Å². The van der Waals surface area contributed by atoms with Gasteiger partial charge in [-0.3, -0.25) is 0 Å². The van der Waals surface area contributed by atoms with Crippen LogP contribution in [0.4, 0.5) is 0 Å². The monoisotopic (exact) mass is 396 g/mol. The quantitative estimate of drug-likeness (QED) is 0.435. The maximum atomic E-state index is 5.27. The minimum absolute atomic E-state index is 0.469. The van der Waals surface area contributed by atoms with E-state index in [0.29, 0.717) is 5.92 Å². The van der Waals surface area contributed by atoms with Crippen LogP contribution >= 0.6 is 0 Å². The van der Waals surface area contributed by atoms with Crippen LogP contribution in [-0.4, -0.2) is 43.2 Å². The predicted molar refractivity (Wildman–Crippen MR) is 114 cm³/mol. The molecule has 0 aliphatic heterocycles. The lowest BCUT2D eigenvalue weighted by molar-refractivity contribution is 0.189. The van der Waals surface area contributed by atoms with E-state index in [2.05, 4.69) is 22.8 Å². The molecule has 3 heterocycles. The Morgan fingerprint density at radius 2 is 1.90 bits per heavy atom. The van der Waals surface area contributed by atoms with E-state index in [1.165, 1.54) is 38.5 Å². The molecule has 0 bridgehead atoms. The zero-order valence-electron chi connectivity index (χ0n) is 17.9. The molecular formula is C22H32N6O. The van der Waals surface area contributed by atoms with E-state index in [4.69, 9.17) is 19.8 Å². The van der Waals surface area contributed by atoms with E-state index >= 15 is 0 Å². The zero-order valence-corrected chi connectivity index (χ0v) is 17.9. The van der Waals surface area contributed by atoms with Gasteiger partial charge >= 0.3 is 0 Å². The van der Waals surface area contributed by atoms with Gasteiger partial charge in [0.05, 0.1) is 11.6 Å². The van der Waals surface area contributed by atoms with Gasteiger partial charge in [0.25, 0.3) is 0 Å². The molecule has 4 rings (SSSR count). The van der Waals surface area contributed by atoms with Crippen molar-refractivity contribution in [2.45, 2.75) is 77.8 Å². The van der Waals surface area contributed by atoms with Gasteiger partial charge in [0.2, 0.25) is 0 Å². The summed E-state index contributed by atoms with van der Waals surface area (Å²) in [5, 5.41) is 10.6. The number of aromatic nitrogens is 6. The molecule has 0 amide bonds. The molecule has 1 aliphatic carbocycles. The molecule has 7 heteroatoms. The SMILES string of the molecule is CCn1ncc2c(-c3nc(C4CCCCCC4)nn3CCCOC)cc(C)nc21. The van der Waals surface area contributed by atoms with Gasteiger partial charge in [-0.25, -0.2) is 19.3 Å². The van der Waals surface area contributed by atoms with E-state index < -0.39 is 0 Å². The van der Waals surface area contributed by atoms with Gasteiger partial charge in [0, 0.05) is 44.0 Å². The molecule has 1 fully saturated rings. The molecule has 0 radical (unpaired) electrons. The van der Waals surface area contributed by atoms with Crippen molar-refractivity contribution in [1.29, 1.82) is 0 Å². The first-order valence-corrected chi connectivity index (χ1v) is 11.0. The molecule has 0 atom stereocenters. The molecule has 29 heavy (non-hydrogen) atoms. The summed E-state index contributed by atoms with van der Waals surface area (Å²) in [6.07, 6.45) is 10.4. The van der Waals surface area contributed by atoms with Crippen molar-refractivity contribution >= 4 is 11.0 Å². The molecule has 3 aromatic heterocycles. The summed E-state index contributed by atoms with van der Waals surface area (Å²) in [5.74, 6) is 2.41. The lowest BCUT2D eigenvalue weighted by atomic mass is 10.00. The summed E-state index contributed by atoms with van der Waals surface area (Å²) in [7, 11) is 1.74. The Bertz CT molecular complexity index is 952. The highest BCUT2D eigenvalue weighted by Crippen LogP contribution is 2.33. The number of fused-ring (bicyclic) bond motifs is 1. The van der Waals surface area contributed by atoms with Crippen molar-refractivity contribution in [2.24, 2.45) is 0 Å². The van der Waals surface area contributed by atoms with Crippen molar-refractivity contribution in [3.05, 3.63) is 23.8 Å². The van der Waals surface area contributed by atoms with Crippen LogP contribution in [0.3, 0.4) is 0 Å². The highest BCUT2D eigenvalue weighted by molar-refractivity contribution is 5.90. The van der Waals surface area contributed by atoms with E-state index in [-0.39, 0.29) is 0 Å². The lowest BCUT2D eigenvalue weighted by Gasteiger charge is -2.08. The van der Waals surface area contributed by atoms with Gasteiger partial charge in [-0.2, -0.15) is 10.2 Å². The average molecular weight is 397 g/mol. The van der Waals surface area contributed by atoms with Crippen LogP contribution in [0.25, 0.3) is 22.4 Å². The number of rotatable bonds is 7. The Morgan fingerprint density at radius 3 is 2.62 bits per heavy atom. The third kappa shape index (κ3) is 4.20. The molecule has 0 unspecified atom stereocenters. The Morgan fingerprint density at radius 1 is 1.10 bits per heavy atom. The van der Waals surface area contributed by atoms with Crippen molar-refractivity contribution in [3.8, 4) is 11.4 Å². The van der Waals surface area contributed by atoms with Crippen LogP contribution in [0.5, 0.6) is 0 Å². The van der Waals surface area contributed by atoms with Crippen molar-refractivity contribution < 1.29 is 4.74 Å². The second-order valence-corrected chi connectivity index (χ2v) is 8.06. The van der Waals surface area contributed by atoms with Gasteiger partial charge in [0.1, 0.15) is 0 Å². The van der Waals surface area contributed by atoms with Crippen molar-refractivity contribution in [2.75, 3.05) is 13.7 Å².